The normalized spacial score (nSPS) is 11.1. The number of carboxylic acids is 1. The Kier molecular flexibility index (Phi) is 9.64. The molecule has 0 heterocycles. The van der Waals surface area contributed by atoms with Crippen LogP contribution in [-0.2, 0) is 34.3 Å². The molecule has 11 heteroatoms. The average molecular weight is 597 g/mol. The van der Waals surface area contributed by atoms with Crippen molar-refractivity contribution < 1.29 is 36.6 Å². The van der Waals surface area contributed by atoms with Crippen molar-refractivity contribution >= 4 is 27.4 Å². The Hall–Kier alpha value is -4.64. The first-order valence-electron chi connectivity index (χ1n) is 13.0. The van der Waals surface area contributed by atoms with Crippen LogP contribution in [0.4, 0.5) is 20.2 Å². The lowest BCUT2D eigenvalue weighted by atomic mass is 10.0. The van der Waals surface area contributed by atoms with Gasteiger partial charge in [0.25, 0.3) is 0 Å². The highest BCUT2D eigenvalue weighted by Crippen LogP contribution is 2.32. The molecule has 0 aromatic heterocycles. The van der Waals surface area contributed by atoms with E-state index in [9.17, 15) is 22.0 Å². The zero-order valence-corrected chi connectivity index (χ0v) is 23.8. The molecule has 0 saturated heterocycles. The van der Waals surface area contributed by atoms with Gasteiger partial charge in [-0.15, -0.1) is 0 Å². The van der Waals surface area contributed by atoms with Crippen molar-refractivity contribution in [3.63, 3.8) is 0 Å². The summed E-state index contributed by atoms with van der Waals surface area (Å²) in [5, 5.41) is 8.81. The van der Waals surface area contributed by atoms with Gasteiger partial charge in [-0.2, -0.15) is 0 Å². The van der Waals surface area contributed by atoms with Crippen LogP contribution >= 0.6 is 0 Å². The molecule has 0 aliphatic carbocycles. The molecule has 4 rings (SSSR count). The molecule has 0 atom stereocenters. The summed E-state index contributed by atoms with van der Waals surface area (Å²) in [7, 11) is -3.54. The van der Waals surface area contributed by atoms with Gasteiger partial charge in [0.15, 0.2) is 6.61 Å². The number of anilines is 2. The van der Waals surface area contributed by atoms with Crippen LogP contribution in [0.25, 0.3) is 0 Å². The van der Waals surface area contributed by atoms with Crippen molar-refractivity contribution in [3.8, 4) is 17.2 Å². The van der Waals surface area contributed by atoms with Gasteiger partial charge >= 0.3 is 5.97 Å². The molecule has 0 fully saturated rings. The van der Waals surface area contributed by atoms with E-state index < -0.39 is 34.2 Å². The quantitative estimate of drug-likeness (QED) is 0.185. The number of benzene rings is 4. The van der Waals surface area contributed by atoms with Crippen LogP contribution < -0.4 is 19.1 Å². The van der Waals surface area contributed by atoms with E-state index in [1.165, 1.54) is 12.1 Å². The lowest BCUT2D eigenvalue weighted by Gasteiger charge is -2.29. The third-order valence-electron chi connectivity index (χ3n) is 6.22. The Bertz CT molecular complexity index is 1660. The number of rotatable bonds is 13. The van der Waals surface area contributed by atoms with E-state index in [4.69, 9.17) is 14.6 Å². The zero-order chi connectivity index (χ0) is 30.3. The highest BCUT2D eigenvalue weighted by molar-refractivity contribution is 7.92. The van der Waals surface area contributed by atoms with Crippen molar-refractivity contribution in [3.05, 3.63) is 113 Å². The SMILES string of the molecule is CCc1c(NS(C)(=O)=O)cccc1N(Cc1ccc(Oc2cccc(OCC(=O)O)c2)cc1)Cc1ccc(F)cc1F. The first kappa shape index (κ1) is 30.3. The lowest BCUT2D eigenvalue weighted by Crippen LogP contribution is -2.24. The molecule has 0 amide bonds. The summed E-state index contributed by atoms with van der Waals surface area (Å²) in [6.07, 6.45) is 1.58. The predicted octanol–water partition coefficient (Wildman–Crippen LogP) is 6.36. The maximum absolute atomic E-state index is 14.7. The molecule has 8 nitrogen and oxygen atoms in total. The number of hydrogen-bond donors (Lipinski definition) is 2. The predicted molar refractivity (Wildman–Crippen MR) is 157 cm³/mol. The standard InChI is InChI=1S/C31H30F2N2O6S/c1-3-27-29(34-42(2,38)39)8-5-9-30(27)35(19-22-12-13-23(32)16-28(22)33)18-21-10-14-24(15-11-21)41-26-7-4-6-25(17-26)40-20-31(36)37/h4-17,34H,3,18-20H2,1-2H3,(H,36,37). The van der Waals surface area contributed by atoms with E-state index in [2.05, 4.69) is 4.72 Å². The maximum Gasteiger partial charge on any atom is 0.341 e. The molecule has 0 spiro atoms. The number of carboxylic acid groups (broad SMARTS) is 1. The fourth-order valence-corrected chi connectivity index (χ4v) is 5.00. The van der Waals surface area contributed by atoms with Gasteiger partial charge in [-0.25, -0.2) is 22.0 Å². The van der Waals surface area contributed by atoms with Crippen LogP contribution in [0, 0.1) is 11.6 Å². The summed E-state index contributed by atoms with van der Waals surface area (Å²) < 4.78 is 66.0. The second-order valence-corrected chi connectivity index (χ2v) is 11.3. The van der Waals surface area contributed by atoms with E-state index in [-0.39, 0.29) is 12.1 Å². The van der Waals surface area contributed by atoms with Gasteiger partial charge in [0.2, 0.25) is 10.0 Å². The Morgan fingerprint density at radius 3 is 2.29 bits per heavy atom. The minimum Gasteiger partial charge on any atom is -0.482 e. The Morgan fingerprint density at radius 2 is 1.62 bits per heavy atom. The van der Waals surface area contributed by atoms with Crippen molar-refractivity contribution in [1.82, 2.24) is 0 Å². The third-order valence-corrected chi connectivity index (χ3v) is 6.81. The van der Waals surface area contributed by atoms with E-state index in [0.29, 0.717) is 41.6 Å². The van der Waals surface area contributed by atoms with Gasteiger partial charge in [0.1, 0.15) is 28.9 Å². The van der Waals surface area contributed by atoms with Crippen molar-refractivity contribution in [2.24, 2.45) is 0 Å². The van der Waals surface area contributed by atoms with E-state index in [1.807, 2.05) is 30.0 Å². The van der Waals surface area contributed by atoms with E-state index in [0.717, 1.165) is 23.4 Å². The summed E-state index contributed by atoms with van der Waals surface area (Å²) in [4.78, 5) is 12.7. The minimum absolute atomic E-state index is 0.100. The molecule has 2 N–H and O–H groups in total. The molecule has 0 aliphatic rings. The number of hydrogen-bond acceptors (Lipinski definition) is 6. The molecule has 42 heavy (non-hydrogen) atoms. The van der Waals surface area contributed by atoms with Gasteiger partial charge in [-0.05, 0) is 60.0 Å². The third kappa shape index (κ3) is 8.43. The number of nitrogens with zero attached hydrogens (tertiary/aromatic N) is 1. The lowest BCUT2D eigenvalue weighted by molar-refractivity contribution is -0.139. The topological polar surface area (TPSA) is 105 Å². The van der Waals surface area contributed by atoms with Gasteiger partial charge < -0.3 is 19.5 Å². The van der Waals surface area contributed by atoms with Crippen LogP contribution in [0.5, 0.6) is 17.2 Å². The molecule has 0 aliphatic heterocycles. The van der Waals surface area contributed by atoms with Crippen molar-refractivity contribution in [1.29, 1.82) is 0 Å². The molecule has 0 saturated carbocycles. The molecule has 4 aromatic rings. The second kappa shape index (κ2) is 13.3. The minimum atomic E-state index is -3.54. The molecule has 0 unspecified atom stereocenters. The fraction of sp³-hybridized carbons (Fsp3) is 0.194. The maximum atomic E-state index is 14.7. The number of nitrogens with one attached hydrogen (secondary N) is 1. The zero-order valence-electron chi connectivity index (χ0n) is 23.0. The van der Waals surface area contributed by atoms with Crippen LogP contribution in [0.2, 0.25) is 0 Å². The number of sulfonamides is 1. The second-order valence-electron chi connectivity index (χ2n) is 9.53. The summed E-state index contributed by atoms with van der Waals surface area (Å²) in [6, 6.07) is 22.5. The summed E-state index contributed by atoms with van der Waals surface area (Å²) in [5.41, 5.74) is 3.00. The highest BCUT2D eigenvalue weighted by atomic mass is 32.2. The number of carbonyl (C=O) groups is 1. The first-order chi connectivity index (χ1) is 20.0. The van der Waals surface area contributed by atoms with Crippen molar-refractivity contribution in [2.75, 3.05) is 22.5 Å². The average Bonchev–Trinajstić information content (AvgIpc) is 2.93. The van der Waals surface area contributed by atoms with Crippen LogP contribution in [-0.4, -0.2) is 32.4 Å². The number of halogens is 2. The van der Waals surface area contributed by atoms with Crippen LogP contribution in [0.3, 0.4) is 0 Å². The van der Waals surface area contributed by atoms with Gasteiger partial charge in [0.05, 0.1) is 11.9 Å². The molecular weight excluding hydrogens is 566 g/mol. The smallest absolute Gasteiger partial charge is 0.341 e. The van der Waals surface area contributed by atoms with Crippen LogP contribution in [0.1, 0.15) is 23.6 Å². The number of ether oxygens (including phenoxy) is 2. The highest BCUT2D eigenvalue weighted by Gasteiger charge is 2.18. The monoisotopic (exact) mass is 596 g/mol. The Morgan fingerprint density at radius 1 is 0.905 bits per heavy atom. The van der Waals surface area contributed by atoms with E-state index in [1.54, 1.807) is 48.5 Å². The van der Waals surface area contributed by atoms with Gasteiger partial charge in [0, 0.05) is 36.5 Å². The van der Waals surface area contributed by atoms with E-state index >= 15 is 0 Å². The number of aliphatic carboxylic acids is 1. The van der Waals surface area contributed by atoms with Gasteiger partial charge in [-0.3, -0.25) is 4.72 Å². The molecule has 0 radical (unpaired) electrons. The molecular formula is C31H30F2N2O6S. The van der Waals surface area contributed by atoms with Crippen molar-refractivity contribution in [2.45, 2.75) is 26.4 Å². The van der Waals surface area contributed by atoms with Gasteiger partial charge in [-0.1, -0.05) is 37.3 Å². The molecule has 4 aromatic carbocycles. The molecule has 0 bridgehead atoms. The summed E-state index contributed by atoms with van der Waals surface area (Å²) in [6.45, 7) is 1.86. The Labute approximate surface area is 243 Å². The largest absolute Gasteiger partial charge is 0.482 e. The summed E-state index contributed by atoms with van der Waals surface area (Å²) >= 11 is 0. The van der Waals surface area contributed by atoms with Crippen LogP contribution in [0.15, 0.2) is 84.9 Å². The Balaban J connectivity index is 1.61. The molecule has 220 valence electrons. The fourth-order valence-electron chi connectivity index (χ4n) is 4.41. The first-order valence-corrected chi connectivity index (χ1v) is 14.9. The summed E-state index contributed by atoms with van der Waals surface area (Å²) in [5.74, 6) is -1.10.